The van der Waals surface area contributed by atoms with Crippen molar-refractivity contribution in [2.75, 3.05) is 26.4 Å². The molecule has 2 rings (SSSR count). The summed E-state index contributed by atoms with van der Waals surface area (Å²) in [5, 5.41) is 0. The number of rotatable bonds is 26. The van der Waals surface area contributed by atoms with E-state index in [0.717, 1.165) is 26.4 Å². The van der Waals surface area contributed by atoms with Crippen LogP contribution in [-0.2, 0) is 22.3 Å². The van der Waals surface area contributed by atoms with Crippen LogP contribution in [0.15, 0.2) is 9.88 Å². The SMILES string of the molecule is CCCCCCCCCCCCOCC1(COCCCCCCCCCCCC)Cc2c[se]cc2C1. The summed E-state index contributed by atoms with van der Waals surface area (Å²) in [6, 6.07) is 0. The van der Waals surface area contributed by atoms with Crippen molar-refractivity contribution in [1.29, 1.82) is 0 Å². The van der Waals surface area contributed by atoms with Gasteiger partial charge in [0.25, 0.3) is 0 Å². The van der Waals surface area contributed by atoms with Crippen LogP contribution in [0, 0.1) is 5.41 Å². The Morgan fingerprint density at radius 3 is 1.22 bits per heavy atom. The number of unbranched alkanes of at least 4 members (excludes halogenated alkanes) is 18. The average molecular weight is 568 g/mol. The zero-order valence-corrected chi connectivity index (χ0v) is 26.0. The molecule has 1 heterocycles. The van der Waals surface area contributed by atoms with Gasteiger partial charge in [0.05, 0.1) is 0 Å². The first-order valence-electron chi connectivity index (χ1n) is 16.0. The fourth-order valence-electron chi connectivity index (χ4n) is 5.74. The van der Waals surface area contributed by atoms with E-state index in [9.17, 15) is 0 Å². The summed E-state index contributed by atoms with van der Waals surface area (Å²) < 4.78 is 12.6. The van der Waals surface area contributed by atoms with Gasteiger partial charge in [0, 0.05) is 0 Å². The fourth-order valence-corrected chi connectivity index (χ4v) is 7.55. The maximum atomic E-state index is 6.29. The molecule has 0 aromatic carbocycles. The van der Waals surface area contributed by atoms with Crippen molar-refractivity contribution in [2.24, 2.45) is 5.41 Å². The second kappa shape index (κ2) is 21.8. The Morgan fingerprint density at radius 2 is 0.861 bits per heavy atom. The normalized spacial score (nSPS) is 14.5. The Balaban J connectivity index is 1.49. The first-order valence-corrected chi connectivity index (χ1v) is 18.0. The molecule has 0 amide bonds. The summed E-state index contributed by atoms with van der Waals surface area (Å²) in [5.41, 5.74) is 3.42. The van der Waals surface area contributed by atoms with Crippen molar-refractivity contribution in [3.05, 3.63) is 21.0 Å². The monoisotopic (exact) mass is 568 g/mol. The molecule has 0 bridgehead atoms. The van der Waals surface area contributed by atoms with Gasteiger partial charge in [-0.25, -0.2) is 0 Å². The molecule has 3 heteroatoms. The molecule has 1 aliphatic carbocycles. The van der Waals surface area contributed by atoms with E-state index in [0.29, 0.717) is 14.5 Å². The maximum absolute atomic E-state index is 6.29. The second-order valence-corrected chi connectivity index (χ2v) is 13.3. The molecule has 36 heavy (non-hydrogen) atoms. The van der Waals surface area contributed by atoms with Gasteiger partial charge in [0.15, 0.2) is 0 Å². The van der Waals surface area contributed by atoms with Crippen molar-refractivity contribution in [3.8, 4) is 0 Å². The summed E-state index contributed by atoms with van der Waals surface area (Å²) in [5.74, 6) is 0. The Bertz CT molecular complexity index is 560. The molecule has 0 atom stereocenters. The molecule has 1 aliphatic rings. The van der Waals surface area contributed by atoms with E-state index >= 15 is 0 Å². The number of hydrogen-bond acceptors (Lipinski definition) is 2. The predicted octanol–water partition coefficient (Wildman–Crippen LogP) is 9.70. The molecule has 2 nitrogen and oxygen atoms in total. The third kappa shape index (κ3) is 14.8. The molecule has 210 valence electrons. The van der Waals surface area contributed by atoms with Gasteiger partial charge in [-0.2, -0.15) is 0 Å². The Morgan fingerprint density at radius 1 is 0.528 bits per heavy atom. The number of fused-ring (bicyclic) bond motifs is 1. The van der Waals surface area contributed by atoms with Crippen LogP contribution in [0.3, 0.4) is 0 Å². The Hall–Kier alpha value is -0.0805. The van der Waals surface area contributed by atoms with Gasteiger partial charge in [0.1, 0.15) is 0 Å². The van der Waals surface area contributed by atoms with Crippen LogP contribution in [0.2, 0.25) is 0 Å². The van der Waals surface area contributed by atoms with Crippen molar-refractivity contribution in [2.45, 2.75) is 155 Å². The Kier molecular flexibility index (Phi) is 19.5. The van der Waals surface area contributed by atoms with Gasteiger partial charge in [0.2, 0.25) is 0 Å². The van der Waals surface area contributed by atoms with Gasteiger partial charge >= 0.3 is 154 Å². The van der Waals surface area contributed by atoms with E-state index in [1.54, 1.807) is 11.1 Å². The Labute approximate surface area is 231 Å². The topological polar surface area (TPSA) is 18.5 Å². The third-order valence-corrected chi connectivity index (χ3v) is 9.83. The van der Waals surface area contributed by atoms with Crippen LogP contribution in [0.25, 0.3) is 0 Å². The minimum absolute atomic E-state index is 0.200. The first kappa shape index (κ1) is 32.1. The van der Waals surface area contributed by atoms with Crippen molar-refractivity contribution >= 4 is 14.5 Å². The van der Waals surface area contributed by atoms with Gasteiger partial charge in [-0.05, 0) is 0 Å². The molecule has 0 aliphatic heterocycles. The van der Waals surface area contributed by atoms with Crippen molar-refractivity contribution in [1.82, 2.24) is 0 Å². The fraction of sp³-hybridized carbons (Fsp3) is 0.879. The average Bonchev–Trinajstić information content (AvgIpc) is 3.45. The van der Waals surface area contributed by atoms with E-state index in [1.165, 1.54) is 141 Å². The summed E-state index contributed by atoms with van der Waals surface area (Å²) in [6.07, 6.45) is 30.0. The zero-order valence-electron chi connectivity index (χ0n) is 24.3. The van der Waals surface area contributed by atoms with E-state index in [2.05, 4.69) is 23.7 Å². The standard InChI is InChI=1S/C33H60O2Se/c1-3-5-7-9-11-13-15-17-19-21-23-34-29-33(25-31-27-36-28-32(31)26-33)30-35-24-22-20-18-16-14-12-10-8-6-4-2/h27-28H,3-26,29-30H2,1-2H3. The van der Waals surface area contributed by atoms with E-state index in [1.807, 2.05) is 0 Å². The summed E-state index contributed by atoms with van der Waals surface area (Å²) in [4.78, 5) is 4.99. The van der Waals surface area contributed by atoms with Crippen molar-refractivity contribution in [3.63, 3.8) is 0 Å². The summed E-state index contributed by atoms with van der Waals surface area (Å²) in [6.45, 7) is 8.21. The van der Waals surface area contributed by atoms with Gasteiger partial charge in [-0.3, -0.25) is 0 Å². The van der Waals surface area contributed by atoms with E-state index in [-0.39, 0.29) is 5.41 Å². The van der Waals surface area contributed by atoms with E-state index < -0.39 is 0 Å². The summed E-state index contributed by atoms with van der Waals surface area (Å²) >= 11 is 0.602. The minimum atomic E-state index is 0.200. The summed E-state index contributed by atoms with van der Waals surface area (Å²) in [7, 11) is 0. The van der Waals surface area contributed by atoms with Crippen LogP contribution in [0.5, 0.6) is 0 Å². The second-order valence-electron chi connectivity index (χ2n) is 11.7. The quantitative estimate of drug-likeness (QED) is 0.0819. The predicted molar refractivity (Wildman–Crippen MR) is 159 cm³/mol. The molecule has 0 fully saturated rings. The van der Waals surface area contributed by atoms with Crippen LogP contribution >= 0.6 is 0 Å². The zero-order chi connectivity index (χ0) is 25.6. The first-order chi connectivity index (χ1) is 17.8. The number of hydrogen-bond donors (Lipinski definition) is 0. The van der Waals surface area contributed by atoms with Crippen LogP contribution in [0.1, 0.15) is 153 Å². The molecule has 0 saturated carbocycles. The molecule has 0 spiro atoms. The molecule has 1 aromatic rings. The van der Waals surface area contributed by atoms with Crippen LogP contribution in [0.4, 0.5) is 0 Å². The van der Waals surface area contributed by atoms with Crippen LogP contribution in [-0.4, -0.2) is 40.9 Å². The van der Waals surface area contributed by atoms with Gasteiger partial charge in [-0.1, -0.05) is 78.1 Å². The van der Waals surface area contributed by atoms with Gasteiger partial charge < -0.3 is 0 Å². The van der Waals surface area contributed by atoms with Crippen LogP contribution < -0.4 is 0 Å². The van der Waals surface area contributed by atoms with Gasteiger partial charge in [-0.15, -0.1) is 0 Å². The molecular formula is C33H60O2Se. The third-order valence-electron chi connectivity index (χ3n) is 8.06. The molecule has 0 unspecified atom stereocenters. The van der Waals surface area contributed by atoms with Crippen molar-refractivity contribution < 1.29 is 9.47 Å². The molecule has 0 radical (unpaired) electrons. The molecule has 0 saturated heterocycles. The molecule has 1 aromatic heterocycles. The van der Waals surface area contributed by atoms with E-state index in [4.69, 9.17) is 9.47 Å². The molecule has 0 N–H and O–H groups in total. The molecular weight excluding hydrogens is 507 g/mol. The number of ether oxygens (including phenoxy) is 2.